The Morgan fingerprint density at radius 3 is 0.969 bits per heavy atom. The van der Waals surface area contributed by atoms with Gasteiger partial charge in [-0.1, -0.05) is 179 Å². The molecule has 0 unspecified atom stereocenters. The maximum absolute atomic E-state index is 2.74. The van der Waals surface area contributed by atoms with Crippen LogP contribution in [-0.2, 0) is 27.1 Å². The summed E-state index contributed by atoms with van der Waals surface area (Å²) in [6.45, 7) is 36.0. The third-order valence-corrected chi connectivity index (χ3v) is 16.0. The van der Waals surface area contributed by atoms with Crippen LogP contribution in [0.1, 0.15) is 219 Å². The van der Waals surface area contributed by atoms with Gasteiger partial charge in [-0.05, 0) is 168 Å². The summed E-state index contributed by atoms with van der Waals surface area (Å²) >= 11 is 0. The van der Waals surface area contributed by atoms with Crippen molar-refractivity contribution in [2.75, 3.05) is 9.80 Å². The lowest BCUT2D eigenvalue weighted by molar-refractivity contribution is 0.444. The van der Waals surface area contributed by atoms with Crippen molar-refractivity contribution in [1.82, 2.24) is 0 Å². The zero-order chi connectivity index (χ0) is 46.6. The van der Waals surface area contributed by atoms with Crippen LogP contribution in [0.3, 0.4) is 0 Å². The normalized spacial score (nSPS) is 17.6. The summed E-state index contributed by atoms with van der Waals surface area (Å²) in [7, 11) is 0. The fraction of sp³-hybridized carbons (Fsp3) is 0.516. The van der Waals surface area contributed by atoms with E-state index >= 15 is 0 Å². The topological polar surface area (TPSA) is 6.48 Å². The van der Waals surface area contributed by atoms with Crippen LogP contribution in [0.4, 0.5) is 34.1 Å². The predicted octanol–water partition coefficient (Wildman–Crippen LogP) is 16.4. The van der Waals surface area contributed by atoms with E-state index in [1.807, 2.05) is 0 Å². The summed E-state index contributed by atoms with van der Waals surface area (Å²) in [6, 6.07) is 35.9. The molecule has 4 aliphatic rings. The molecular formula is C62H81BN2. The minimum absolute atomic E-state index is 0.0115. The Labute approximate surface area is 396 Å². The number of hydrogen-bond donors (Lipinski definition) is 0. The molecule has 9 rings (SSSR count). The van der Waals surface area contributed by atoms with Crippen LogP contribution < -0.4 is 26.2 Å². The predicted molar refractivity (Wildman–Crippen MR) is 286 cm³/mol. The van der Waals surface area contributed by atoms with Gasteiger partial charge in [0.05, 0.1) is 0 Å². The van der Waals surface area contributed by atoms with Crippen molar-refractivity contribution in [3.63, 3.8) is 0 Å². The molecule has 5 aromatic rings. The second-order valence-corrected chi connectivity index (χ2v) is 26.1. The zero-order valence-corrected chi connectivity index (χ0v) is 43.3. The first-order valence-electron chi connectivity index (χ1n) is 25.8. The Morgan fingerprint density at radius 1 is 0.354 bits per heavy atom. The van der Waals surface area contributed by atoms with E-state index in [9.17, 15) is 0 Å². The molecule has 0 N–H and O–H groups in total. The summed E-state index contributed by atoms with van der Waals surface area (Å²) in [6.07, 6.45) is 13.2. The Hall–Kier alpha value is -4.24. The highest BCUT2D eigenvalue weighted by atomic mass is 15.2. The van der Waals surface area contributed by atoms with Crippen molar-refractivity contribution < 1.29 is 0 Å². The number of anilines is 6. The molecule has 2 aliphatic carbocycles. The third kappa shape index (κ3) is 8.66. The zero-order valence-electron chi connectivity index (χ0n) is 43.3. The SMILES string of the molecule is CC(C)(C)c1cc(N2c3cc(C4CCCCC4)ccc3B3c4ccc(C5CCCCC5)cc4N(c4cc(C(C)(C)C)cc(C(C)(C)C)c4)c4cc(C(C)(C)C)cc2c43)cc(C(C)(C)C)c1. The minimum Gasteiger partial charge on any atom is -0.311 e. The van der Waals surface area contributed by atoms with E-state index in [0.717, 1.165) is 0 Å². The van der Waals surface area contributed by atoms with Crippen molar-refractivity contribution in [2.45, 2.75) is 207 Å². The second kappa shape index (κ2) is 16.2. The number of fused-ring (bicyclic) bond motifs is 4. The van der Waals surface area contributed by atoms with Gasteiger partial charge >= 0.3 is 0 Å². The summed E-state index contributed by atoms with van der Waals surface area (Å²) < 4.78 is 0. The van der Waals surface area contributed by atoms with Gasteiger partial charge < -0.3 is 9.80 Å². The van der Waals surface area contributed by atoms with Crippen LogP contribution in [-0.4, -0.2) is 6.71 Å². The summed E-state index contributed by atoms with van der Waals surface area (Å²) in [4.78, 5) is 5.48. The Kier molecular flexibility index (Phi) is 11.5. The number of nitrogens with zero attached hydrogens (tertiary/aromatic N) is 2. The maximum atomic E-state index is 2.74. The summed E-state index contributed by atoms with van der Waals surface area (Å²) in [5, 5.41) is 0. The molecule has 2 saturated carbocycles. The molecule has 5 aromatic carbocycles. The molecule has 2 aliphatic heterocycles. The fourth-order valence-electron chi connectivity index (χ4n) is 11.6. The van der Waals surface area contributed by atoms with Crippen molar-refractivity contribution in [3.8, 4) is 0 Å². The average Bonchev–Trinajstić information content (AvgIpc) is 3.24. The first kappa shape index (κ1) is 45.9. The first-order chi connectivity index (χ1) is 30.4. The van der Waals surface area contributed by atoms with Crippen LogP contribution in [0.5, 0.6) is 0 Å². The molecule has 0 saturated heterocycles. The van der Waals surface area contributed by atoms with E-state index in [2.05, 4.69) is 199 Å². The smallest absolute Gasteiger partial charge is 0.252 e. The summed E-state index contributed by atoms with van der Waals surface area (Å²) in [5.74, 6) is 1.22. The molecule has 0 bridgehead atoms. The van der Waals surface area contributed by atoms with Crippen molar-refractivity contribution in [2.24, 2.45) is 0 Å². The highest BCUT2D eigenvalue weighted by Gasteiger charge is 2.45. The minimum atomic E-state index is -0.0829. The molecule has 0 aromatic heterocycles. The van der Waals surface area contributed by atoms with Gasteiger partial charge in [0.25, 0.3) is 6.71 Å². The van der Waals surface area contributed by atoms with Crippen molar-refractivity contribution in [1.29, 1.82) is 0 Å². The number of hydrogen-bond acceptors (Lipinski definition) is 2. The van der Waals surface area contributed by atoms with Crippen molar-refractivity contribution in [3.05, 3.63) is 124 Å². The molecule has 342 valence electrons. The van der Waals surface area contributed by atoms with E-state index in [1.165, 1.54) is 154 Å². The fourth-order valence-corrected chi connectivity index (χ4v) is 11.6. The van der Waals surface area contributed by atoms with Gasteiger partial charge in [-0.25, -0.2) is 0 Å². The molecule has 2 nitrogen and oxygen atoms in total. The van der Waals surface area contributed by atoms with E-state index in [1.54, 1.807) is 0 Å². The van der Waals surface area contributed by atoms with Crippen LogP contribution in [0.2, 0.25) is 0 Å². The van der Waals surface area contributed by atoms with Gasteiger partial charge in [0.2, 0.25) is 0 Å². The molecule has 0 spiro atoms. The highest BCUT2D eigenvalue weighted by Crippen LogP contribution is 2.50. The van der Waals surface area contributed by atoms with E-state index in [-0.39, 0.29) is 33.8 Å². The largest absolute Gasteiger partial charge is 0.311 e. The van der Waals surface area contributed by atoms with Crippen LogP contribution in [0.25, 0.3) is 0 Å². The van der Waals surface area contributed by atoms with Crippen LogP contribution in [0.15, 0.2) is 84.9 Å². The quantitative estimate of drug-likeness (QED) is 0.163. The van der Waals surface area contributed by atoms with Gasteiger partial charge in [0.1, 0.15) is 0 Å². The van der Waals surface area contributed by atoms with Crippen LogP contribution >= 0.6 is 0 Å². The molecule has 65 heavy (non-hydrogen) atoms. The number of rotatable bonds is 4. The van der Waals surface area contributed by atoms with Gasteiger partial charge in [-0.15, -0.1) is 0 Å². The van der Waals surface area contributed by atoms with E-state index < -0.39 is 0 Å². The van der Waals surface area contributed by atoms with Gasteiger partial charge in [0.15, 0.2) is 0 Å². The number of benzene rings is 5. The summed E-state index contributed by atoms with van der Waals surface area (Å²) in [5.41, 5.74) is 22.2. The molecule has 2 fully saturated rings. The molecule has 0 radical (unpaired) electrons. The lowest BCUT2D eigenvalue weighted by Gasteiger charge is -2.46. The molecule has 0 atom stereocenters. The maximum Gasteiger partial charge on any atom is 0.252 e. The lowest BCUT2D eigenvalue weighted by Crippen LogP contribution is -2.61. The average molecular weight is 865 g/mol. The second-order valence-electron chi connectivity index (χ2n) is 26.1. The molecule has 3 heteroatoms. The van der Waals surface area contributed by atoms with Gasteiger partial charge in [0, 0.05) is 34.1 Å². The van der Waals surface area contributed by atoms with Crippen molar-refractivity contribution >= 4 is 57.2 Å². The Balaban J connectivity index is 1.42. The standard InChI is InChI=1S/C62H81BN2/c1-58(2,3)44-32-45(59(4,5)6)35-49(34-44)64-53-30-42(40-22-18-16-19-23-40)26-28-51(53)63-52-29-27-43(41-24-20-17-21-25-41)31-54(52)65(56-39-48(62(13,14)15)38-55(64)57(56)63)50-36-46(60(7,8)9)33-47(37-50)61(10,11)12/h26-41H,16-25H2,1-15H3. The van der Waals surface area contributed by atoms with E-state index in [4.69, 9.17) is 0 Å². The molecular weight excluding hydrogens is 784 g/mol. The Morgan fingerprint density at radius 2 is 0.662 bits per heavy atom. The van der Waals surface area contributed by atoms with Gasteiger partial charge in [-0.2, -0.15) is 0 Å². The third-order valence-electron chi connectivity index (χ3n) is 16.0. The highest BCUT2D eigenvalue weighted by molar-refractivity contribution is 7.00. The molecule has 2 heterocycles. The lowest BCUT2D eigenvalue weighted by atomic mass is 9.33. The molecule has 0 amide bonds. The van der Waals surface area contributed by atoms with Gasteiger partial charge in [-0.3, -0.25) is 0 Å². The first-order valence-corrected chi connectivity index (χ1v) is 25.8. The monoisotopic (exact) mass is 865 g/mol. The van der Waals surface area contributed by atoms with Crippen LogP contribution in [0, 0.1) is 0 Å². The Bertz CT molecular complexity index is 2360. The van der Waals surface area contributed by atoms with E-state index in [0.29, 0.717) is 11.8 Å².